The fourth-order valence-electron chi connectivity index (χ4n) is 4.72. The second kappa shape index (κ2) is 7.27. The van der Waals surface area contributed by atoms with Gasteiger partial charge in [0.15, 0.2) is 0 Å². The lowest BCUT2D eigenvalue weighted by atomic mass is 9.89. The molecule has 5 heteroatoms. The van der Waals surface area contributed by atoms with Crippen LogP contribution in [0.1, 0.15) is 35.2 Å². The fraction of sp³-hybridized carbons (Fsp3) is 0.231. The second-order valence-corrected chi connectivity index (χ2v) is 8.41. The molecule has 1 aliphatic heterocycles. The minimum Gasteiger partial charge on any atom is -0.326 e. The number of nitrogens with one attached hydrogen (secondary N) is 2. The Bertz CT molecular complexity index is 1250. The topological polar surface area (TPSA) is 61.4 Å². The van der Waals surface area contributed by atoms with Crippen molar-refractivity contribution in [2.45, 2.75) is 32.7 Å². The number of allylic oxidation sites excluding steroid dienone is 1. The van der Waals surface area contributed by atoms with Gasteiger partial charge < -0.3 is 15.5 Å². The van der Waals surface area contributed by atoms with Crippen LogP contribution in [0.5, 0.6) is 0 Å². The molecule has 5 rings (SSSR count). The molecule has 2 aliphatic rings. The van der Waals surface area contributed by atoms with Crippen molar-refractivity contribution in [1.82, 2.24) is 10.2 Å². The predicted octanol–water partition coefficient (Wildman–Crippen LogP) is 4.86. The second-order valence-electron chi connectivity index (χ2n) is 8.41. The molecule has 3 amide bonds. The third kappa shape index (κ3) is 3.17. The molecule has 0 aromatic heterocycles. The van der Waals surface area contributed by atoms with Crippen molar-refractivity contribution < 1.29 is 9.59 Å². The molecule has 156 valence electrons. The number of carbonyl (C=O) groups is 2. The van der Waals surface area contributed by atoms with Gasteiger partial charge in [0.2, 0.25) is 0 Å². The van der Waals surface area contributed by atoms with Crippen molar-refractivity contribution >= 4 is 28.4 Å². The predicted molar refractivity (Wildman–Crippen MR) is 123 cm³/mol. The number of hydrogen-bond donors (Lipinski definition) is 2. The SMILES string of the molecule is CC1=C(C(=O)Nc2ccc(C)cc2)[C@@H](c2ccc3c4c(cccc24)CC3)NC(=O)N1C. The van der Waals surface area contributed by atoms with Crippen LogP contribution < -0.4 is 10.6 Å². The van der Waals surface area contributed by atoms with E-state index >= 15 is 0 Å². The minimum atomic E-state index is -0.515. The number of hydrogen-bond acceptors (Lipinski definition) is 2. The van der Waals surface area contributed by atoms with Gasteiger partial charge in [-0.25, -0.2) is 4.79 Å². The largest absolute Gasteiger partial charge is 0.326 e. The Labute approximate surface area is 181 Å². The summed E-state index contributed by atoms with van der Waals surface area (Å²) in [5, 5.41) is 8.45. The Balaban J connectivity index is 1.62. The minimum absolute atomic E-state index is 0.207. The lowest BCUT2D eigenvalue weighted by Crippen LogP contribution is -2.46. The highest BCUT2D eigenvalue weighted by atomic mass is 16.2. The van der Waals surface area contributed by atoms with Crippen molar-refractivity contribution in [3.05, 3.63) is 88.1 Å². The summed E-state index contributed by atoms with van der Waals surface area (Å²) in [6.45, 7) is 3.84. The van der Waals surface area contributed by atoms with Crippen LogP contribution in [-0.4, -0.2) is 23.9 Å². The quantitative estimate of drug-likeness (QED) is 0.647. The van der Waals surface area contributed by atoms with Gasteiger partial charge in [-0.15, -0.1) is 0 Å². The van der Waals surface area contributed by atoms with E-state index in [1.807, 2.05) is 38.1 Å². The van der Waals surface area contributed by atoms with Crippen molar-refractivity contribution in [3.63, 3.8) is 0 Å². The Morgan fingerprint density at radius 1 is 1.00 bits per heavy atom. The van der Waals surface area contributed by atoms with E-state index in [1.165, 1.54) is 21.4 Å². The summed E-state index contributed by atoms with van der Waals surface area (Å²) in [7, 11) is 1.69. The third-order valence-electron chi connectivity index (χ3n) is 6.53. The number of nitrogens with zero attached hydrogens (tertiary/aromatic N) is 1. The van der Waals surface area contributed by atoms with Crippen molar-refractivity contribution in [1.29, 1.82) is 0 Å². The normalized spacial score (nSPS) is 17.8. The molecule has 2 N–H and O–H groups in total. The van der Waals surface area contributed by atoms with Crippen molar-refractivity contribution in [2.75, 3.05) is 12.4 Å². The summed E-state index contributed by atoms with van der Waals surface area (Å²) in [5.74, 6) is -0.207. The molecule has 1 aliphatic carbocycles. The van der Waals surface area contributed by atoms with E-state index in [0.717, 1.165) is 35.0 Å². The maximum Gasteiger partial charge on any atom is 0.322 e. The zero-order valence-electron chi connectivity index (χ0n) is 18.0. The lowest BCUT2D eigenvalue weighted by Gasteiger charge is -2.34. The summed E-state index contributed by atoms with van der Waals surface area (Å²) in [6, 6.07) is 17.5. The number of aryl methyl sites for hydroxylation is 3. The van der Waals surface area contributed by atoms with Gasteiger partial charge in [-0.1, -0.05) is 48.0 Å². The molecule has 0 saturated carbocycles. The van der Waals surface area contributed by atoms with E-state index in [4.69, 9.17) is 0 Å². The van der Waals surface area contributed by atoms with Gasteiger partial charge in [0.25, 0.3) is 5.91 Å². The van der Waals surface area contributed by atoms with Crippen LogP contribution in [0, 0.1) is 6.92 Å². The monoisotopic (exact) mass is 411 g/mol. The van der Waals surface area contributed by atoms with E-state index in [0.29, 0.717) is 11.3 Å². The molecule has 0 radical (unpaired) electrons. The Kier molecular flexibility index (Phi) is 4.54. The average Bonchev–Trinajstić information content (AvgIpc) is 3.18. The van der Waals surface area contributed by atoms with E-state index in [1.54, 1.807) is 7.05 Å². The zero-order valence-corrected chi connectivity index (χ0v) is 18.0. The van der Waals surface area contributed by atoms with Crippen LogP contribution in [0.3, 0.4) is 0 Å². The van der Waals surface area contributed by atoms with E-state index in [-0.39, 0.29) is 11.9 Å². The summed E-state index contributed by atoms with van der Waals surface area (Å²) in [5.41, 5.74) is 6.69. The van der Waals surface area contributed by atoms with Gasteiger partial charge in [0.1, 0.15) is 0 Å². The molecule has 0 bridgehead atoms. The van der Waals surface area contributed by atoms with Crippen LogP contribution >= 0.6 is 0 Å². The molecular formula is C26H25N3O2. The van der Waals surface area contributed by atoms with Crippen molar-refractivity contribution in [2.24, 2.45) is 0 Å². The van der Waals surface area contributed by atoms with E-state index in [9.17, 15) is 9.59 Å². The highest BCUT2D eigenvalue weighted by Gasteiger charge is 2.35. The molecular weight excluding hydrogens is 386 g/mol. The highest BCUT2D eigenvalue weighted by molar-refractivity contribution is 6.07. The van der Waals surface area contributed by atoms with Gasteiger partial charge in [-0.3, -0.25) is 4.79 Å². The van der Waals surface area contributed by atoms with Gasteiger partial charge in [0, 0.05) is 18.4 Å². The molecule has 0 saturated heterocycles. The summed E-state index contributed by atoms with van der Waals surface area (Å²) in [6.07, 6.45) is 2.07. The Hall–Kier alpha value is -3.60. The Morgan fingerprint density at radius 3 is 2.45 bits per heavy atom. The van der Waals surface area contributed by atoms with E-state index in [2.05, 4.69) is 41.0 Å². The van der Waals surface area contributed by atoms with Crippen LogP contribution in [0.2, 0.25) is 0 Å². The molecule has 31 heavy (non-hydrogen) atoms. The molecule has 3 aromatic rings. The molecule has 1 atom stereocenters. The summed E-state index contributed by atoms with van der Waals surface area (Å²) >= 11 is 0. The standard InChI is InChI=1S/C26H25N3O2/c1-15-7-12-19(13-8-15)27-25(30)22-16(2)29(3)26(31)28-24(22)21-14-11-18-10-9-17-5-4-6-20(21)23(17)18/h4-8,11-14,24H,9-10H2,1-3H3,(H,27,30)(H,28,31)/t24-/m1/s1. The van der Waals surface area contributed by atoms with Crippen LogP contribution in [-0.2, 0) is 17.6 Å². The number of anilines is 1. The smallest absolute Gasteiger partial charge is 0.322 e. The maximum atomic E-state index is 13.4. The van der Waals surface area contributed by atoms with Crippen LogP contribution in [0.15, 0.2) is 65.9 Å². The third-order valence-corrected chi connectivity index (χ3v) is 6.53. The van der Waals surface area contributed by atoms with Gasteiger partial charge in [0.05, 0.1) is 11.6 Å². The number of rotatable bonds is 3. The molecule has 0 unspecified atom stereocenters. The zero-order chi connectivity index (χ0) is 21.7. The maximum absolute atomic E-state index is 13.4. The molecule has 0 spiro atoms. The molecule has 0 fully saturated rings. The first kappa shape index (κ1) is 19.4. The van der Waals surface area contributed by atoms with E-state index < -0.39 is 6.04 Å². The first-order valence-corrected chi connectivity index (χ1v) is 10.6. The van der Waals surface area contributed by atoms with Crippen LogP contribution in [0.25, 0.3) is 10.8 Å². The Morgan fingerprint density at radius 2 is 1.71 bits per heavy atom. The molecule has 1 heterocycles. The highest BCUT2D eigenvalue weighted by Crippen LogP contribution is 2.39. The first-order chi connectivity index (χ1) is 14.9. The summed E-state index contributed by atoms with van der Waals surface area (Å²) in [4.78, 5) is 27.6. The lowest BCUT2D eigenvalue weighted by molar-refractivity contribution is -0.113. The number of carbonyl (C=O) groups excluding carboxylic acids is 2. The summed E-state index contributed by atoms with van der Waals surface area (Å²) < 4.78 is 0. The first-order valence-electron chi connectivity index (χ1n) is 10.6. The number of amides is 3. The molecule has 3 aromatic carbocycles. The molecule has 5 nitrogen and oxygen atoms in total. The fourth-order valence-corrected chi connectivity index (χ4v) is 4.72. The van der Waals surface area contributed by atoms with Gasteiger partial charge in [-0.05, 0) is 66.3 Å². The van der Waals surface area contributed by atoms with Crippen LogP contribution in [0.4, 0.5) is 10.5 Å². The average molecular weight is 412 g/mol. The number of urea groups is 1. The van der Waals surface area contributed by atoms with Gasteiger partial charge >= 0.3 is 6.03 Å². The number of benzene rings is 3. The van der Waals surface area contributed by atoms with Gasteiger partial charge in [-0.2, -0.15) is 0 Å². The van der Waals surface area contributed by atoms with Crippen molar-refractivity contribution in [3.8, 4) is 0 Å².